The van der Waals surface area contributed by atoms with E-state index in [0.717, 1.165) is 108 Å². The van der Waals surface area contributed by atoms with Gasteiger partial charge in [0.15, 0.2) is 12.6 Å². The molecule has 2 unspecified atom stereocenters. The van der Waals surface area contributed by atoms with Gasteiger partial charge >= 0.3 is 0 Å². The third-order valence-corrected chi connectivity index (χ3v) is 10.9. The molecular formula is C52H54N2O4. The Bertz CT molecular complexity index is 2080. The van der Waals surface area contributed by atoms with Crippen LogP contribution in [0.2, 0.25) is 0 Å². The number of aryl methyl sites for hydroxylation is 2. The Hall–Kier alpha value is -5.50. The van der Waals surface area contributed by atoms with Crippen LogP contribution < -0.4 is 9.80 Å². The lowest BCUT2D eigenvalue weighted by Crippen LogP contribution is -2.22. The summed E-state index contributed by atoms with van der Waals surface area (Å²) < 4.78 is 23.7. The average molecular weight is 771 g/mol. The quantitative estimate of drug-likeness (QED) is 0.103. The minimum Gasteiger partial charge on any atom is -0.353 e. The van der Waals surface area contributed by atoms with Crippen LogP contribution in [-0.4, -0.2) is 25.8 Å². The molecule has 0 aromatic heterocycles. The Morgan fingerprint density at radius 3 is 1.05 bits per heavy atom. The summed E-state index contributed by atoms with van der Waals surface area (Å²) >= 11 is 0. The van der Waals surface area contributed by atoms with Crippen LogP contribution in [0, 0.1) is 13.8 Å². The van der Waals surface area contributed by atoms with Crippen molar-refractivity contribution in [1.82, 2.24) is 0 Å². The SMILES string of the molecule is Cc1ccc(N(c2ccc(C)cc2)c2ccc(C=Cc3ccc(N(c4ccc(COC5CCCCO5)cc4)c4ccc(COC5CCCCO5)cc4)cc3)cc2)cc1. The van der Waals surface area contributed by atoms with Crippen molar-refractivity contribution in [3.63, 3.8) is 0 Å². The van der Waals surface area contributed by atoms with E-state index in [2.05, 4.69) is 181 Å². The van der Waals surface area contributed by atoms with E-state index in [1.54, 1.807) is 0 Å². The molecule has 2 atom stereocenters. The molecule has 0 bridgehead atoms. The Kier molecular flexibility index (Phi) is 13.1. The molecule has 6 aromatic rings. The fraction of sp³-hybridized carbons (Fsp3) is 0.269. The Morgan fingerprint density at radius 2 is 0.741 bits per heavy atom. The summed E-state index contributed by atoms with van der Waals surface area (Å²) in [6, 6.07) is 52.2. The molecule has 8 rings (SSSR count). The van der Waals surface area contributed by atoms with Crippen molar-refractivity contribution in [2.45, 2.75) is 78.2 Å². The fourth-order valence-electron chi connectivity index (χ4n) is 7.49. The highest BCUT2D eigenvalue weighted by atomic mass is 16.7. The van der Waals surface area contributed by atoms with Gasteiger partial charge in [0.2, 0.25) is 0 Å². The molecule has 6 nitrogen and oxygen atoms in total. The molecule has 0 spiro atoms. The predicted octanol–water partition coefficient (Wildman–Crippen LogP) is 13.5. The first-order chi connectivity index (χ1) is 28.5. The summed E-state index contributed by atoms with van der Waals surface area (Å²) in [5.74, 6) is 0. The molecule has 0 radical (unpaired) electrons. The van der Waals surface area contributed by atoms with Gasteiger partial charge in [-0.15, -0.1) is 0 Å². The molecule has 2 aliphatic heterocycles. The molecule has 58 heavy (non-hydrogen) atoms. The molecule has 2 aliphatic rings. The second-order valence-electron chi connectivity index (χ2n) is 15.4. The molecule has 0 saturated carbocycles. The second-order valence-corrected chi connectivity index (χ2v) is 15.4. The van der Waals surface area contributed by atoms with Gasteiger partial charge in [-0.05, 0) is 147 Å². The molecule has 2 fully saturated rings. The molecule has 6 aromatic carbocycles. The van der Waals surface area contributed by atoms with Crippen molar-refractivity contribution in [2.24, 2.45) is 0 Å². The fourth-order valence-corrected chi connectivity index (χ4v) is 7.49. The van der Waals surface area contributed by atoms with E-state index in [9.17, 15) is 0 Å². The standard InChI is InChI=1S/C52H54N2O4/c1-39-9-23-45(24-10-39)53(46-25-11-40(2)12-26-46)47-27-15-41(16-28-47)13-14-42-17-29-48(30-18-42)54(49-31-19-43(20-32-49)37-57-51-7-3-5-35-55-51)50-33-21-44(22-34-50)38-58-52-8-4-6-36-56-52/h9-34,51-52H,3-8,35-38H2,1-2H3. The highest BCUT2D eigenvalue weighted by Crippen LogP contribution is 2.37. The van der Waals surface area contributed by atoms with Crippen LogP contribution in [-0.2, 0) is 32.2 Å². The zero-order chi connectivity index (χ0) is 39.5. The maximum absolute atomic E-state index is 6.08. The number of anilines is 6. The van der Waals surface area contributed by atoms with Gasteiger partial charge < -0.3 is 28.7 Å². The Balaban J connectivity index is 0.988. The van der Waals surface area contributed by atoms with Gasteiger partial charge in [-0.1, -0.05) is 96.1 Å². The maximum Gasteiger partial charge on any atom is 0.158 e. The first-order valence-corrected chi connectivity index (χ1v) is 20.8. The van der Waals surface area contributed by atoms with Crippen LogP contribution in [0.1, 0.15) is 71.9 Å². The third kappa shape index (κ3) is 10.3. The first-order valence-electron chi connectivity index (χ1n) is 20.8. The Labute approximate surface area is 344 Å². The number of nitrogens with zero attached hydrogens (tertiary/aromatic N) is 2. The predicted molar refractivity (Wildman–Crippen MR) is 237 cm³/mol. The van der Waals surface area contributed by atoms with Crippen molar-refractivity contribution in [2.75, 3.05) is 23.0 Å². The van der Waals surface area contributed by atoms with E-state index in [-0.39, 0.29) is 12.6 Å². The minimum absolute atomic E-state index is 0.109. The summed E-state index contributed by atoms with van der Waals surface area (Å²) in [6.07, 6.45) is 10.6. The van der Waals surface area contributed by atoms with Gasteiger partial charge in [0.05, 0.1) is 13.2 Å². The second kappa shape index (κ2) is 19.3. The largest absolute Gasteiger partial charge is 0.353 e. The van der Waals surface area contributed by atoms with Gasteiger partial charge in [-0.2, -0.15) is 0 Å². The van der Waals surface area contributed by atoms with E-state index >= 15 is 0 Å². The molecular weight excluding hydrogens is 717 g/mol. The molecule has 296 valence electrons. The third-order valence-electron chi connectivity index (χ3n) is 10.9. The topological polar surface area (TPSA) is 43.4 Å². The van der Waals surface area contributed by atoms with Crippen molar-refractivity contribution in [3.05, 3.63) is 179 Å². The molecule has 6 heteroatoms. The lowest BCUT2D eigenvalue weighted by Gasteiger charge is -2.26. The maximum atomic E-state index is 6.08. The van der Waals surface area contributed by atoms with Gasteiger partial charge in [0, 0.05) is 47.3 Å². The Morgan fingerprint density at radius 1 is 0.431 bits per heavy atom. The van der Waals surface area contributed by atoms with Crippen LogP contribution >= 0.6 is 0 Å². The number of benzene rings is 6. The number of hydrogen-bond acceptors (Lipinski definition) is 6. The van der Waals surface area contributed by atoms with Crippen molar-refractivity contribution >= 4 is 46.3 Å². The normalized spacial score (nSPS) is 17.0. The smallest absolute Gasteiger partial charge is 0.158 e. The highest BCUT2D eigenvalue weighted by Gasteiger charge is 2.18. The summed E-state index contributed by atoms with van der Waals surface area (Å²) in [5.41, 5.74) is 13.6. The molecule has 2 saturated heterocycles. The summed E-state index contributed by atoms with van der Waals surface area (Å²) in [6.45, 7) is 6.87. The zero-order valence-corrected chi connectivity index (χ0v) is 33.8. The average Bonchev–Trinajstić information content (AvgIpc) is 3.28. The van der Waals surface area contributed by atoms with E-state index in [4.69, 9.17) is 18.9 Å². The highest BCUT2D eigenvalue weighted by molar-refractivity contribution is 5.80. The van der Waals surface area contributed by atoms with Crippen molar-refractivity contribution in [1.29, 1.82) is 0 Å². The van der Waals surface area contributed by atoms with Gasteiger partial charge in [-0.3, -0.25) is 0 Å². The van der Waals surface area contributed by atoms with E-state index in [1.165, 1.54) is 11.1 Å². The van der Waals surface area contributed by atoms with Crippen LogP contribution in [0.4, 0.5) is 34.1 Å². The molecule has 0 aliphatic carbocycles. The zero-order valence-electron chi connectivity index (χ0n) is 33.8. The van der Waals surface area contributed by atoms with E-state index in [1.807, 2.05) is 0 Å². The minimum atomic E-state index is -0.109. The summed E-state index contributed by atoms with van der Waals surface area (Å²) in [5, 5.41) is 0. The van der Waals surface area contributed by atoms with Gasteiger partial charge in [0.1, 0.15) is 0 Å². The van der Waals surface area contributed by atoms with Crippen LogP contribution in [0.5, 0.6) is 0 Å². The number of rotatable bonds is 14. The monoisotopic (exact) mass is 770 g/mol. The lowest BCUT2D eigenvalue weighted by atomic mass is 10.1. The van der Waals surface area contributed by atoms with Crippen LogP contribution in [0.15, 0.2) is 146 Å². The molecule has 0 N–H and O–H groups in total. The van der Waals surface area contributed by atoms with Gasteiger partial charge in [0.25, 0.3) is 0 Å². The lowest BCUT2D eigenvalue weighted by molar-refractivity contribution is -0.169. The van der Waals surface area contributed by atoms with E-state index < -0.39 is 0 Å². The summed E-state index contributed by atoms with van der Waals surface area (Å²) in [4.78, 5) is 4.60. The number of ether oxygens (including phenoxy) is 4. The van der Waals surface area contributed by atoms with Crippen LogP contribution in [0.25, 0.3) is 12.2 Å². The van der Waals surface area contributed by atoms with Crippen molar-refractivity contribution < 1.29 is 18.9 Å². The first kappa shape index (κ1) is 39.3. The van der Waals surface area contributed by atoms with Gasteiger partial charge in [-0.25, -0.2) is 0 Å². The molecule has 2 heterocycles. The molecule has 0 amide bonds. The van der Waals surface area contributed by atoms with Crippen LogP contribution in [0.3, 0.4) is 0 Å². The van der Waals surface area contributed by atoms with Crippen molar-refractivity contribution in [3.8, 4) is 0 Å². The summed E-state index contributed by atoms with van der Waals surface area (Å²) in [7, 11) is 0. The number of hydrogen-bond donors (Lipinski definition) is 0. The van der Waals surface area contributed by atoms with E-state index in [0.29, 0.717) is 13.2 Å².